The Labute approximate surface area is 138 Å². The van der Waals surface area contributed by atoms with Crippen LogP contribution in [-0.4, -0.2) is 54.0 Å². The van der Waals surface area contributed by atoms with Crippen LogP contribution >= 0.6 is 0 Å². The summed E-state index contributed by atoms with van der Waals surface area (Å²) in [4.78, 5) is 3.90. The van der Waals surface area contributed by atoms with Gasteiger partial charge in [-0.05, 0) is 12.1 Å². The summed E-state index contributed by atoms with van der Waals surface area (Å²) in [7, 11) is 0. The van der Waals surface area contributed by atoms with Crippen molar-refractivity contribution in [3.05, 3.63) is 42.5 Å². The monoisotopic (exact) mass is 336 g/mol. The number of nitrogens with zero attached hydrogens (tertiary/aromatic N) is 4. The second-order valence-corrected chi connectivity index (χ2v) is 5.84. The van der Waals surface area contributed by atoms with Crippen LogP contribution in [-0.2, 0) is 0 Å². The maximum atomic E-state index is 12.3. The lowest BCUT2D eigenvalue weighted by Crippen LogP contribution is -2.47. The summed E-state index contributed by atoms with van der Waals surface area (Å²) in [5, 5.41) is 8.52. The van der Waals surface area contributed by atoms with Crippen molar-refractivity contribution in [2.24, 2.45) is 0 Å². The summed E-state index contributed by atoms with van der Waals surface area (Å²) in [6.45, 7) is 2.61. The van der Waals surface area contributed by atoms with Crippen molar-refractivity contribution in [1.82, 2.24) is 15.1 Å². The van der Waals surface area contributed by atoms with Gasteiger partial charge in [0, 0.05) is 38.3 Å². The van der Waals surface area contributed by atoms with Crippen LogP contribution in [0.15, 0.2) is 42.5 Å². The summed E-state index contributed by atoms with van der Waals surface area (Å²) in [5.41, 5.74) is 1.82. The highest BCUT2D eigenvalue weighted by atomic mass is 19.4. The van der Waals surface area contributed by atoms with E-state index in [1.54, 1.807) is 0 Å². The van der Waals surface area contributed by atoms with Crippen molar-refractivity contribution in [3.8, 4) is 11.3 Å². The fraction of sp³-hybridized carbons (Fsp3) is 0.412. The molecule has 1 aliphatic rings. The van der Waals surface area contributed by atoms with E-state index in [-0.39, 0.29) is 6.54 Å². The van der Waals surface area contributed by atoms with E-state index in [1.165, 1.54) is 0 Å². The largest absolute Gasteiger partial charge is 0.390 e. The van der Waals surface area contributed by atoms with Crippen LogP contribution in [0.3, 0.4) is 0 Å². The Balaban J connectivity index is 1.55. The maximum absolute atomic E-state index is 12.3. The average Bonchev–Trinajstić information content (AvgIpc) is 2.61. The quantitative estimate of drug-likeness (QED) is 0.858. The van der Waals surface area contributed by atoms with Gasteiger partial charge in [0.2, 0.25) is 0 Å². The molecule has 3 rings (SSSR count). The van der Waals surface area contributed by atoms with Crippen LogP contribution in [0, 0.1) is 0 Å². The predicted molar refractivity (Wildman–Crippen MR) is 86.8 cm³/mol. The van der Waals surface area contributed by atoms with Crippen LogP contribution in [0.25, 0.3) is 11.3 Å². The van der Waals surface area contributed by atoms with Gasteiger partial charge in [-0.2, -0.15) is 13.2 Å². The van der Waals surface area contributed by atoms with Crippen LogP contribution in [0.1, 0.15) is 6.42 Å². The lowest BCUT2D eigenvalue weighted by atomic mass is 10.1. The molecule has 0 unspecified atom stereocenters. The SMILES string of the molecule is FC(F)(F)CCN1CCN(c2ccc(-c3ccccc3)nn2)CC1. The number of alkyl halides is 3. The minimum atomic E-state index is -4.09. The molecule has 1 saturated heterocycles. The molecule has 0 aliphatic carbocycles. The molecule has 0 spiro atoms. The highest BCUT2D eigenvalue weighted by Gasteiger charge is 2.28. The van der Waals surface area contributed by atoms with Crippen molar-refractivity contribution in [2.45, 2.75) is 12.6 Å². The highest BCUT2D eigenvalue weighted by molar-refractivity contribution is 5.59. The second kappa shape index (κ2) is 7.17. The van der Waals surface area contributed by atoms with E-state index >= 15 is 0 Å². The summed E-state index contributed by atoms with van der Waals surface area (Å²) in [6, 6.07) is 13.6. The Morgan fingerprint density at radius 3 is 2.17 bits per heavy atom. The molecule has 4 nitrogen and oxygen atoms in total. The van der Waals surface area contributed by atoms with Gasteiger partial charge >= 0.3 is 6.18 Å². The van der Waals surface area contributed by atoms with E-state index in [0.717, 1.165) is 17.1 Å². The van der Waals surface area contributed by atoms with Gasteiger partial charge < -0.3 is 4.90 Å². The lowest BCUT2D eigenvalue weighted by molar-refractivity contribution is -0.138. The zero-order valence-electron chi connectivity index (χ0n) is 13.2. The molecular weight excluding hydrogens is 317 g/mol. The average molecular weight is 336 g/mol. The molecule has 2 aromatic rings. The zero-order valence-corrected chi connectivity index (χ0v) is 13.2. The third kappa shape index (κ3) is 4.44. The molecule has 0 amide bonds. The van der Waals surface area contributed by atoms with Gasteiger partial charge in [-0.3, -0.25) is 4.90 Å². The van der Waals surface area contributed by atoms with Gasteiger partial charge in [-0.25, -0.2) is 0 Å². The number of halogens is 3. The topological polar surface area (TPSA) is 32.3 Å². The molecule has 0 radical (unpaired) electrons. The molecular formula is C17H19F3N4. The number of rotatable bonds is 4. The van der Waals surface area contributed by atoms with Crippen molar-refractivity contribution in [3.63, 3.8) is 0 Å². The summed E-state index contributed by atoms with van der Waals surface area (Å²) in [6.07, 6.45) is -4.84. The molecule has 24 heavy (non-hydrogen) atoms. The smallest absolute Gasteiger partial charge is 0.353 e. The Hall–Kier alpha value is -2.15. The summed E-state index contributed by atoms with van der Waals surface area (Å²) >= 11 is 0. The van der Waals surface area contributed by atoms with Crippen LogP contribution in [0.5, 0.6) is 0 Å². The fourth-order valence-corrected chi connectivity index (χ4v) is 2.74. The van der Waals surface area contributed by atoms with Crippen LogP contribution in [0.2, 0.25) is 0 Å². The molecule has 0 saturated carbocycles. The first-order valence-electron chi connectivity index (χ1n) is 7.94. The first-order valence-corrected chi connectivity index (χ1v) is 7.94. The van der Waals surface area contributed by atoms with Crippen LogP contribution < -0.4 is 4.90 Å². The van der Waals surface area contributed by atoms with Crippen molar-refractivity contribution in [1.29, 1.82) is 0 Å². The Morgan fingerprint density at radius 1 is 0.875 bits per heavy atom. The van der Waals surface area contributed by atoms with Crippen molar-refractivity contribution < 1.29 is 13.2 Å². The van der Waals surface area contributed by atoms with Gasteiger partial charge in [-0.1, -0.05) is 30.3 Å². The number of hydrogen-bond acceptors (Lipinski definition) is 4. The molecule has 1 aromatic heterocycles. The third-order valence-corrected chi connectivity index (χ3v) is 4.13. The number of aromatic nitrogens is 2. The minimum Gasteiger partial charge on any atom is -0.353 e. The number of anilines is 1. The first kappa shape index (κ1) is 16.7. The molecule has 2 heterocycles. The second-order valence-electron chi connectivity index (χ2n) is 5.84. The Bertz CT molecular complexity index is 635. The number of hydrogen-bond donors (Lipinski definition) is 0. The van der Waals surface area contributed by atoms with E-state index in [1.807, 2.05) is 47.4 Å². The number of benzene rings is 1. The minimum absolute atomic E-state index is 0.0654. The van der Waals surface area contributed by atoms with Crippen molar-refractivity contribution >= 4 is 5.82 Å². The molecule has 0 N–H and O–H groups in total. The standard InChI is InChI=1S/C17H19F3N4/c18-17(19,20)8-9-23-10-12-24(13-11-23)16-7-6-15(21-22-16)14-4-2-1-3-5-14/h1-7H,8-13H2. The Kier molecular flexibility index (Phi) is 4.99. The number of piperazine rings is 1. The lowest BCUT2D eigenvalue weighted by Gasteiger charge is -2.35. The third-order valence-electron chi connectivity index (χ3n) is 4.13. The molecule has 128 valence electrons. The van der Waals surface area contributed by atoms with Crippen LogP contribution in [0.4, 0.5) is 19.0 Å². The predicted octanol–water partition coefficient (Wildman–Crippen LogP) is 3.22. The molecule has 0 atom stereocenters. The maximum Gasteiger partial charge on any atom is 0.390 e. The highest BCUT2D eigenvalue weighted by Crippen LogP contribution is 2.21. The fourth-order valence-electron chi connectivity index (χ4n) is 2.74. The van der Waals surface area contributed by atoms with E-state index in [9.17, 15) is 13.2 Å². The van der Waals surface area contributed by atoms with Gasteiger partial charge in [-0.15, -0.1) is 10.2 Å². The van der Waals surface area contributed by atoms with E-state index in [2.05, 4.69) is 15.1 Å². The molecule has 1 fully saturated rings. The van der Waals surface area contributed by atoms with Gasteiger partial charge in [0.1, 0.15) is 0 Å². The van der Waals surface area contributed by atoms with E-state index in [4.69, 9.17) is 0 Å². The first-order chi connectivity index (χ1) is 11.5. The Morgan fingerprint density at radius 2 is 1.58 bits per heavy atom. The molecule has 7 heteroatoms. The molecule has 0 bridgehead atoms. The molecule has 1 aromatic carbocycles. The molecule has 1 aliphatic heterocycles. The summed E-state index contributed by atoms with van der Waals surface area (Å²) < 4.78 is 36.8. The van der Waals surface area contributed by atoms with E-state index < -0.39 is 12.6 Å². The van der Waals surface area contributed by atoms with Gasteiger partial charge in [0.15, 0.2) is 5.82 Å². The normalized spacial score (nSPS) is 16.4. The zero-order chi connectivity index (χ0) is 17.0. The van der Waals surface area contributed by atoms with Gasteiger partial charge in [0.05, 0.1) is 12.1 Å². The van der Waals surface area contributed by atoms with Gasteiger partial charge in [0.25, 0.3) is 0 Å². The summed E-state index contributed by atoms with van der Waals surface area (Å²) in [5.74, 6) is 0.769. The van der Waals surface area contributed by atoms with Crippen molar-refractivity contribution in [2.75, 3.05) is 37.6 Å². The van der Waals surface area contributed by atoms with E-state index in [0.29, 0.717) is 26.2 Å².